The van der Waals surface area contributed by atoms with E-state index < -0.39 is 5.97 Å². The molecular formula is C13H21N3O2. The summed E-state index contributed by atoms with van der Waals surface area (Å²) in [7, 11) is 1.88. The van der Waals surface area contributed by atoms with Crippen molar-refractivity contribution in [3.63, 3.8) is 0 Å². The van der Waals surface area contributed by atoms with Crippen molar-refractivity contribution in [1.82, 2.24) is 14.7 Å². The van der Waals surface area contributed by atoms with Gasteiger partial charge in [-0.25, -0.2) is 0 Å². The first-order valence-corrected chi connectivity index (χ1v) is 6.62. The maximum Gasteiger partial charge on any atom is 0.320 e. The van der Waals surface area contributed by atoms with Gasteiger partial charge in [-0.2, -0.15) is 5.10 Å². The molecule has 1 aromatic rings. The molecule has 5 heteroatoms. The van der Waals surface area contributed by atoms with Crippen LogP contribution < -0.4 is 0 Å². The van der Waals surface area contributed by atoms with Gasteiger partial charge < -0.3 is 5.11 Å². The topological polar surface area (TPSA) is 58.4 Å². The minimum atomic E-state index is -0.701. The summed E-state index contributed by atoms with van der Waals surface area (Å²) < 4.78 is 1.76. The summed E-state index contributed by atoms with van der Waals surface area (Å²) in [5.74, 6) is -0.701. The smallest absolute Gasteiger partial charge is 0.320 e. The van der Waals surface area contributed by atoms with E-state index in [1.165, 1.54) is 6.42 Å². The highest BCUT2D eigenvalue weighted by atomic mass is 16.4. The number of carboxylic acid groups (broad SMARTS) is 1. The molecule has 0 radical (unpaired) electrons. The Hall–Kier alpha value is -1.36. The van der Waals surface area contributed by atoms with Crippen LogP contribution in [0.1, 0.15) is 37.8 Å². The van der Waals surface area contributed by atoms with E-state index >= 15 is 0 Å². The molecule has 1 N–H and O–H groups in total. The van der Waals surface area contributed by atoms with E-state index in [9.17, 15) is 9.90 Å². The molecule has 2 rings (SSSR count). The second-order valence-corrected chi connectivity index (χ2v) is 5.01. The van der Waals surface area contributed by atoms with E-state index in [2.05, 4.69) is 10.00 Å². The van der Waals surface area contributed by atoms with Crippen molar-refractivity contribution in [2.24, 2.45) is 7.05 Å². The maximum absolute atomic E-state index is 11.4. The molecule has 0 aromatic carbocycles. The Kier molecular flexibility index (Phi) is 4.36. The maximum atomic E-state index is 11.4. The minimum Gasteiger partial charge on any atom is -0.480 e. The molecule has 0 spiro atoms. The van der Waals surface area contributed by atoms with Crippen molar-refractivity contribution in [1.29, 1.82) is 0 Å². The quantitative estimate of drug-likeness (QED) is 0.887. The lowest BCUT2D eigenvalue weighted by Crippen LogP contribution is -2.42. The van der Waals surface area contributed by atoms with Crippen LogP contribution in [-0.2, 0) is 18.4 Å². The zero-order valence-electron chi connectivity index (χ0n) is 10.9. The van der Waals surface area contributed by atoms with E-state index in [-0.39, 0.29) is 6.04 Å². The van der Waals surface area contributed by atoms with Crippen LogP contribution in [0.5, 0.6) is 0 Å². The largest absolute Gasteiger partial charge is 0.480 e. The van der Waals surface area contributed by atoms with Gasteiger partial charge in [0.2, 0.25) is 0 Å². The van der Waals surface area contributed by atoms with Crippen LogP contribution in [-0.4, -0.2) is 38.3 Å². The average Bonchev–Trinajstić information content (AvgIpc) is 2.67. The molecule has 1 atom stereocenters. The first kappa shape index (κ1) is 13.1. The summed E-state index contributed by atoms with van der Waals surface area (Å²) in [6, 6.07) is 1.60. The fourth-order valence-corrected chi connectivity index (χ4v) is 2.57. The molecule has 0 amide bonds. The number of likely N-dealkylation sites (tertiary alicyclic amines) is 1. The standard InChI is InChI=1S/C13H21N3O2/c1-15-9-7-11(14-15)10-16-8-5-3-2-4-6-12(16)13(17)18/h7,9,12H,2-6,8,10H2,1H3,(H,17,18). The molecule has 0 aliphatic carbocycles. The third kappa shape index (κ3) is 3.32. The van der Waals surface area contributed by atoms with Gasteiger partial charge in [0.15, 0.2) is 0 Å². The highest BCUT2D eigenvalue weighted by Gasteiger charge is 2.26. The molecule has 5 nitrogen and oxygen atoms in total. The molecular weight excluding hydrogens is 230 g/mol. The molecule has 1 aromatic heterocycles. The Labute approximate surface area is 107 Å². The number of carbonyl (C=O) groups is 1. The van der Waals surface area contributed by atoms with Gasteiger partial charge in [0.05, 0.1) is 5.69 Å². The molecule has 1 aliphatic rings. The lowest BCUT2D eigenvalue weighted by Gasteiger charge is -2.30. The van der Waals surface area contributed by atoms with Crippen LogP contribution in [0.4, 0.5) is 0 Å². The molecule has 2 heterocycles. The van der Waals surface area contributed by atoms with E-state index in [4.69, 9.17) is 0 Å². The monoisotopic (exact) mass is 251 g/mol. The highest BCUT2D eigenvalue weighted by Crippen LogP contribution is 2.18. The van der Waals surface area contributed by atoms with Crippen molar-refractivity contribution in [3.8, 4) is 0 Å². The fraction of sp³-hybridized carbons (Fsp3) is 0.692. The number of aromatic nitrogens is 2. The summed E-state index contributed by atoms with van der Waals surface area (Å²) in [4.78, 5) is 13.4. The van der Waals surface area contributed by atoms with Crippen molar-refractivity contribution in [2.45, 2.75) is 44.7 Å². The third-order valence-corrected chi connectivity index (χ3v) is 3.53. The number of rotatable bonds is 3. The zero-order valence-corrected chi connectivity index (χ0v) is 10.9. The lowest BCUT2D eigenvalue weighted by atomic mass is 10.0. The first-order chi connectivity index (χ1) is 8.66. The van der Waals surface area contributed by atoms with Gasteiger partial charge in [0.25, 0.3) is 0 Å². The minimum absolute atomic E-state index is 0.354. The normalized spacial score (nSPS) is 22.4. The van der Waals surface area contributed by atoms with E-state index in [1.54, 1.807) is 4.68 Å². The Balaban J connectivity index is 2.06. The Morgan fingerprint density at radius 1 is 1.44 bits per heavy atom. The van der Waals surface area contributed by atoms with E-state index in [1.807, 2.05) is 19.3 Å². The first-order valence-electron chi connectivity index (χ1n) is 6.62. The number of aliphatic carboxylic acids is 1. The summed E-state index contributed by atoms with van der Waals surface area (Å²) in [6.45, 7) is 1.49. The molecule has 0 bridgehead atoms. The highest BCUT2D eigenvalue weighted by molar-refractivity contribution is 5.73. The van der Waals surface area contributed by atoms with Gasteiger partial charge in [-0.05, 0) is 25.5 Å². The van der Waals surface area contributed by atoms with Gasteiger partial charge in [-0.15, -0.1) is 0 Å². The number of hydrogen-bond acceptors (Lipinski definition) is 3. The Bertz CT molecular complexity index is 403. The summed E-state index contributed by atoms with van der Waals surface area (Å²) in [5, 5.41) is 13.7. The molecule has 18 heavy (non-hydrogen) atoms. The molecule has 0 saturated carbocycles. The second-order valence-electron chi connectivity index (χ2n) is 5.01. The van der Waals surface area contributed by atoms with Gasteiger partial charge in [0, 0.05) is 19.8 Å². The van der Waals surface area contributed by atoms with Crippen molar-refractivity contribution in [2.75, 3.05) is 6.54 Å². The van der Waals surface area contributed by atoms with Crippen molar-refractivity contribution >= 4 is 5.97 Å². The van der Waals surface area contributed by atoms with E-state index in [0.717, 1.165) is 37.9 Å². The number of carboxylic acids is 1. The predicted octanol–water partition coefficient (Wildman–Crippen LogP) is 1.64. The number of hydrogen-bond donors (Lipinski definition) is 1. The predicted molar refractivity (Wildman–Crippen MR) is 68.1 cm³/mol. The van der Waals surface area contributed by atoms with Crippen LogP contribution in [0.15, 0.2) is 12.3 Å². The van der Waals surface area contributed by atoms with Gasteiger partial charge >= 0.3 is 5.97 Å². The fourth-order valence-electron chi connectivity index (χ4n) is 2.57. The molecule has 1 saturated heterocycles. The van der Waals surface area contributed by atoms with E-state index in [0.29, 0.717) is 6.54 Å². The molecule has 1 unspecified atom stereocenters. The Morgan fingerprint density at radius 3 is 2.89 bits per heavy atom. The Morgan fingerprint density at radius 2 is 2.22 bits per heavy atom. The molecule has 100 valence electrons. The third-order valence-electron chi connectivity index (χ3n) is 3.53. The second kappa shape index (κ2) is 6.00. The van der Waals surface area contributed by atoms with Crippen LogP contribution in [0.3, 0.4) is 0 Å². The van der Waals surface area contributed by atoms with Crippen LogP contribution in [0.2, 0.25) is 0 Å². The number of nitrogens with zero attached hydrogens (tertiary/aromatic N) is 3. The van der Waals surface area contributed by atoms with Crippen LogP contribution in [0, 0.1) is 0 Å². The van der Waals surface area contributed by atoms with Crippen LogP contribution in [0.25, 0.3) is 0 Å². The summed E-state index contributed by atoms with van der Waals surface area (Å²) in [5.41, 5.74) is 0.948. The van der Waals surface area contributed by atoms with Gasteiger partial charge in [-0.3, -0.25) is 14.4 Å². The zero-order chi connectivity index (χ0) is 13.0. The van der Waals surface area contributed by atoms with Crippen LogP contribution >= 0.6 is 0 Å². The van der Waals surface area contributed by atoms with Gasteiger partial charge in [0.1, 0.15) is 6.04 Å². The van der Waals surface area contributed by atoms with Crippen molar-refractivity contribution < 1.29 is 9.90 Å². The number of aryl methyl sites for hydroxylation is 1. The molecule has 1 aliphatic heterocycles. The average molecular weight is 251 g/mol. The van der Waals surface area contributed by atoms with Gasteiger partial charge in [-0.1, -0.05) is 19.3 Å². The summed E-state index contributed by atoms with van der Waals surface area (Å²) >= 11 is 0. The lowest BCUT2D eigenvalue weighted by molar-refractivity contribution is -0.144. The SMILES string of the molecule is Cn1ccc(CN2CCCCCCC2C(=O)O)n1. The molecule has 1 fully saturated rings. The summed E-state index contributed by atoms with van der Waals surface area (Å²) in [6.07, 6.45) is 7.09. The van der Waals surface area contributed by atoms with Crippen molar-refractivity contribution in [3.05, 3.63) is 18.0 Å².